The molecule has 1 aliphatic heterocycles. The largest absolute Gasteiger partial charge is 0.393 e. The van der Waals surface area contributed by atoms with Crippen LogP contribution in [-0.2, 0) is 0 Å². The quantitative estimate of drug-likeness (QED) is 0.829. The van der Waals surface area contributed by atoms with Crippen LogP contribution in [0.5, 0.6) is 0 Å². The van der Waals surface area contributed by atoms with Gasteiger partial charge in [-0.2, -0.15) is 0 Å². The van der Waals surface area contributed by atoms with Crippen molar-refractivity contribution in [1.29, 1.82) is 0 Å². The van der Waals surface area contributed by atoms with Gasteiger partial charge in [-0.05, 0) is 32.1 Å². The summed E-state index contributed by atoms with van der Waals surface area (Å²) in [6.07, 6.45) is 1.24. The molecule has 1 saturated carbocycles. The second-order valence-corrected chi connectivity index (χ2v) is 6.35. The lowest BCUT2D eigenvalue weighted by Crippen LogP contribution is -2.58. The molecule has 22 heavy (non-hydrogen) atoms. The number of carbonyl (C=O) groups is 1. The van der Waals surface area contributed by atoms with Crippen LogP contribution in [0.2, 0.25) is 0 Å². The molecule has 0 spiro atoms. The zero-order chi connectivity index (χ0) is 16.1. The van der Waals surface area contributed by atoms with Crippen molar-refractivity contribution >= 4 is 6.03 Å². The number of urea groups is 1. The van der Waals surface area contributed by atoms with E-state index >= 15 is 0 Å². The van der Waals surface area contributed by atoms with E-state index < -0.39 is 6.43 Å². The third-order valence-corrected chi connectivity index (χ3v) is 4.76. The summed E-state index contributed by atoms with van der Waals surface area (Å²) in [5, 5.41) is 12.5. The molecule has 0 radical (unpaired) electrons. The molecular weight excluding hydrogens is 292 g/mol. The highest BCUT2D eigenvalue weighted by Gasteiger charge is 2.31. The molecule has 0 aromatic rings. The van der Waals surface area contributed by atoms with Crippen LogP contribution in [0.25, 0.3) is 0 Å². The minimum absolute atomic E-state index is 0.00155. The highest BCUT2D eigenvalue weighted by atomic mass is 19.3. The number of amides is 2. The van der Waals surface area contributed by atoms with Gasteiger partial charge in [-0.1, -0.05) is 6.92 Å². The van der Waals surface area contributed by atoms with Gasteiger partial charge in [0.15, 0.2) is 0 Å². The topological polar surface area (TPSA) is 55.8 Å². The van der Waals surface area contributed by atoms with E-state index in [0.29, 0.717) is 19.6 Å². The molecule has 1 atom stereocenters. The summed E-state index contributed by atoms with van der Waals surface area (Å²) in [4.78, 5) is 15.8. The number of hydrogen-bond acceptors (Lipinski definition) is 3. The molecule has 128 valence electrons. The van der Waals surface area contributed by atoms with Crippen LogP contribution in [0.4, 0.5) is 13.6 Å². The fourth-order valence-corrected chi connectivity index (χ4v) is 3.37. The summed E-state index contributed by atoms with van der Waals surface area (Å²) < 4.78 is 25.1. The monoisotopic (exact) mass is 319 g/mol. The number of aliphatic hydroxyl groups excluding tert-OH is 1. The smallest absolute Gasteiger partial charge is 0.317 e. The molecule has 5 nitrogen and oxygen atoms in total. The first-order valence-electron chi connectivity index (χ1n) is 8.25. The van der Waals surface area contributed by atoms with Crippen LogP contribution in [0.15, 0.2) is 0 Å². The molecule has 1 saturated heterocycles. The summed E-state index contributed by atoms with van der Waals surface area (Å²) in [5.74, 6) is 0. The van der Waals surface area contributed by atoms with E-state index in [1.54, 1.807) is 9.80 Å². The minimum Gasteiger partial charge on any atom is -0.393 e. The summed E-state index contributed by atoms with van der Waals surface area (Å²) in [5.41, 5.74) is 0. The Bertz CT molecular complexity index is 363. The van der Waals surface area contributed by atoms with E-state index in [9.17, 15) is 18.7 Å². The lowest BCUT2D eigenvalue weighted by atomic mass is 9.93. The van der Waals surface area contributed by atoms with Gasteiger partial charge in [0.2, 0.25) is 0 Å². The number of halogens is 2. The molecule has 2 fully saturated rings. The maximum atomic E-state index is 12.6. The van der Waals surface area contributed by atoms with Gasteiger partial charge in [-0.3, -0.25) is 4.90 Å². The fraction of sp³-hybridized carbons (Fsp3) is 0.933. The lowest BCUT2D eigenvalue weighted by Gasteiger charge is -2.41. The molecule has 0 bridgehead atoms. The van der Waals surface area contributed by atoms with Gasteiger partial charge in [0.25, 0.3) is 6.43 Å². The molecule has 1 aliphatic carbocycles. The van der Waals surface area contributed by atoms with Crippen LogP contribution in [-0.4, -0.2) is 71.7 Å². The normalized spacial score (nSPS) is 30.6. The van der Waals surface area contributed by atoms with Crippen molar-refractivity contribution in [3.05, 3.63) is 0 Å². The van der Waals surface area contributed by atoms with Crippen LogP contribution in [0.3, 0.4) is 0 Å². The van der Waals surface area contributed by atoms with Crippen molar-refractivity contribution in [1.82, 2.24) is 15.1 Å². The number of aliphatic hydroxyl groups is 1. The van der Waals surface area contributed by atoms with E-state index in [-0.39, 0.29) is 30.8 Å². The van der Waals surface area contributed by atoms with Crippen LogP contribution >= 0.6 is 0 Å². The fourth-order valence-electron chi connectivity index (χ4n) is 3.37. The Kier molecular flexibility index (Phi) is 6.37. The third kappa shape index (κ3) is 4.78. The van der Waals surface area contributed by atoms with Gasteiger partial charge in [-0.25, -0.2) is 13.6 Å². The predicted molar refractivity (Wildman–Crippen MR) is 80.0 cm³/mol. The SMILES string of the molecule is CCC1CN(C(=O)NC2CCC(O)CC2)CCN1CC(F)F. The van der Waals surface area contributed by atoms with Crippen molar-refractivity contribution < 1.29 is 18.7 Å². The predicted octanol–water partition coefficient (Wildman–Crippen LogP) is 1.66. The van der Waals surface area contributed by atoms with E-state index in [0.717, 1.165) is 32.1 Å². The van der Waals surface area contributed by atoms with Crippen LogP contribution in [0, 0.1) is 0 Å². The highest BCUT2D eigenvalue weighted by Crippen LogP contribution is 2.19. The van der Waals surface area contributed by atoms with Crippen molar-refractivity contribution in [3.8, 4) is 0 Å². The first-order valence-corrected chi connectivity index (χ1v) is 8.25. The maximum Gasteiger partial charge on any atom is 0.317 e. The summed E-state index contributed by atoms with van der Waals surface area (Å²) in [7, 11) is 0. The van der Waals surface area contributed by atoms with Crippen molar-refractivity contribution in [2.75, 3.05) is 26.2 Å². The molecule has 1 unspecified atom stereocenters. The first-order chi connectivity index (χ1) is 10.5. The van der Waals surface area contributed by atoms with Crippen LogP contribution < -0.4 is 5.32 Å². The Morgan fingerprint density at radius 2 is 1.95 bits per heavy atom. The Morgan fingerprint density at radius 3 is 2.55 bits per heavy atom. The van der Waals surface area contributed by atoms with E-state index in [2.05, 4.69) is 5.32 Å². The summed E-state index contributed by atoms with van der Waals surface area (Å²) in [6, 6.07) is 0.0216. The van der Waals surface area contributed by atoms with E-state index in [4.69, 9.17) is 0 Å². The average molecular weight is 319 g/mol. The lowest BCUT2D eigenvalue weighted by molar-refractivity contribution is 0.0282. The summed E-state index contributed by atoms with van der Waals surface area (Å²) in [6.45, 7) is 3.25. The number of hydrogen-bond donors (Lipinski definition) is 2. The Labute approximate surface area is 130 Å². The second kappa shape index (κ2) is 8.06. The van der Waals surface area contributed by atoms with Gasteiger partial charge in [0.1, 0.15) is 0 Å². The van der Waals surface area contributed by atoms with Gasteiger partial charge < -0.3 is 15.3 Å². The average Bonchev–Trinajstić information content (AvgIpc) is 2.49. The number of nitrogens with one attached hydrogen (secondary N) is 1. The van der Waals surface area contributed by atoms with Crippen LogP contribution in [0.1, 0.15) is 39.0 Å². The highest BCUT2D eigenvalue weighted by molar-refractivity contribution is 5.74. The first kappa shape index (κ1) is 17.4. The van der Waals surface area contributed by atoms with Crippen molar-refractivity contribution in [3.63, 3.8) is 0 Å². The molecule has 7 heteroatoms. The van der Waals surface area contributed by atoms with E-state index in [1.165, 1.54) is 0 Å². The molecule has 2 N–H and O–H groups in total. The van der Waals surface area contributed by atoms with Gasteiger partial charge in [-0.15, -0.1) is 0 Å². The Morgan fingerprint density at radius 1 is 1.27 bits per heavy atom. The van der Waals surface area contributed by atoms with Gasteiger partial charge in [0, 0.05) is 31.7 Å². The van der Waals surface area contributed by atoms with Crippen molar-refractivity contribution in [2.24, 2.45) is 0 Å². The zero-order valence-corrected chi connectivity index (χ0v) is 13.2. The molecule has 2 aliphatic rings. The maximum absolute atomic E-state index is 12.6. The molecule has 0 aromatic carbocycles. The Balaban J connectivity index is 1.81. The molecule has 2 amide bonds. The molecule has 2 rings (SSSR count). The third-order valence-electron chi connectivity index (χ3n) is 4.76. The molecular formula is C15H27F2N3O2. The second-order valence-electron chi connectivity index (χ2n) is 6.35. The number of nitrogens with zero attached hydrogens (tertiary/aromatic N) is 2. The van der Waals surface area contributed by atoms with Gasteiger partial charge in [0.05, 0.1) is 12.6 Å². The van der Waals surface area contributed by atoms with Gasteiger partial charge >= 0.3 is 6.03 Å². The minimum atomic E-state index is -2.33. The Hall–Kier alpha value is -0.950. The summed E-state index contributed by atoms with van der Waals surface area (Å²) >= 11 is 0. The van der Waals surface area contributed by atoms with Crippen molar-refractivity contribution in [2.45, 2.75) is 63.6 Å². The molecule has 1 heterocycles. The number of alkyl halides is 2. The zero-order valence-electron chi connectivity index (χ0n) is 13.2. The number of piperazine rings is 1. The number of rotatable bonds is 4. The number of carbonyl (C=O) groups excluding carboxylic acids is 1. The van der Waals surface area contributed by atoms with E-state index in [1.807, 2.05) is 6.92 Å². The standard InChI is InChI=1S/C15H27F2N3O2/c1-2-12-9-20(8-7-19(12)10-14(16)17)15(22)18-11-3-5-13(21)6-4-11/h11-14,21H,2-10H2,1H3,(H,18,22). The molecule has 0 aromatic heterocycles.